The molecule has 0 amide bonds. The van der Waals surface area contributed by atoms with Crippen molar-refractivity contribution in [1.29, 1.82) is 0 Å². The molecular formula is C27H46BrCl. The molecule has 168 valence electrons. The minimum absolute atomic E-state index is 0.191. The van der Waals surface area contributed by atoms with Gasteiger partial charge in [-0.2, -0.15) is 0 Å². The quantitative estimate of drug-likeness (QED) is 0.340. The van der Waals surface area contributed by atoms with E-state index in [4.69, 9.17) is 11.6 Å². The molecule has 29 heavy (non-hydrogen) atoms. The number of halogens is 2. The van der Waals surface area contributed by atoms with Crippen LogP contribution in [0.15, 0.2) is 0 Å². The summed E-state index contributed by atoms with van der Waals surface area (Å²) >= 11 is 11.5. The van der Waals surface area contributed by atoms with Crippen molar-refractivity contribution in [2.75, 3.05) is 0 Å². The van der Waals surface area contributed by atoms with Crippen molar-refractivity contribution in [2.24, 2.45) is 46.3 Å². The van der Waals surface area contributed by atoms with Gasteiger partial charge in [0.25, 0.3) is 0 Å². The van der Waals surface area contributed by atoms with Crippen molar-refractivity contribution in [3.8, 4) is 0 Å². The largest absolute Gasteiger partial charge is 0.121 e. The van der Waals surface area contributed by atoms with Crippen molar-refractivity contribution in [3.63, 3.8) is 0 Å². The van der Waals surface area contributed by atoms with Gasteiger partial charge in [-0.1, -0.05) is 82.7 Å². The van der Waals surface area contributed by atoms with Crippen LogP contribution in [0, 0.1) is 46.3 Å². The van der Waals surface area contributed by atoms with Crippen molar-refractivity contribution < 1.29 is 0 Å². The van der Waals surface area contributed by atoms with Crippen LogP contribution in [0.2, 0.25) is 0 Å². The predicted molar refractivity (Wildman–Crippen MR) is 131 cm³/mol. The summed E-state index contributed by atoms with van der Waals surface area (Å²) in [7, 11) is 0. The fourth-order valence-corrected chi connectivity index (χ4v) is 10.8. The second-order valence-electron chi connectivity index (χ2n) is 12.6. The highest BCUT2D eigenvalue weighted by atomic mass is 79.9. The van der Waals surface area contributed by atoms with Gasteiger partial charge in [0.2, 0.25) is 0 Å². The van der Waals surface area contributed by atoms with Crippen LogP contribution in [0.5, 0.6) is 0 Å². The molecule has 0 aromatic heterocycles. The Labute approximate surface area is 194 Å². The first-order valence-corrected chi connectivity index (χ1v) is 14.2. The minimum atomic E-state index is 0.191. The SMILES string of the molecule is CC(C)CCC[C@@H](C)[C@H]1CC[C@H]2[C@@H]3C[C@@H](Cl)[C@@]4(Br)CCCC[C@]4(C)[C@H]3CC[C@]12C. The Kier molecular flexibility index (Phi) is 6.55. The van der Waals surface area contributed by atoms with Gasteiger partial charge in [-0.3, -0.25) is 0 Å². The van der Waals surface area contributed by atoms with Crippen LogP contribution in [0.3, 0.4) is 0 Å². The first-order valence-electron chi connectivity index (χ1n) is 13.0. The Balaban J connectivity index is 1.53. The van der Waals surface area contributed by atoms with Crippen LogP contribution >= 0.6 is 27.5 Å². The zero-order valence-electron chi connectivity index (χ0n) is 19.8. The molecule has 4 fully saturated rings. The van der Waals surface area contributed by atoms with Crippen molar-refractivity contribution >= 4 is 27.5 Å². The molecule has 0 spiro atoms. The molecule has 0 radical (unpaired) electrons. The summed E-state index contributed by atoms with van der Waals surface area (Å²) in [5, 5.41) is 0.318. The third kappa shape index (κ3) is 3.59. The second kappa shape index (κ2) is 8.28. The lowest BCUT2D eigenvalue weighted by molar-refractivity contribution is -0.0991. The van der Waals surface area contributed by atoms with Crippen LogP contribution in [-0.4, -0.2) is 9.70 Å². The molecule has 0 heterocycles. The average molecular weight is 486 g/mol. The van der Waals surface area contributed by atoms with Crippen LogP contribution in [-0.2, 0) is 0 Å². The molecule has 4 saturated carbocycles. The van der Waals surface area contributed by atoms with E-state index in [1.54, 1.807) is 0 Å². The van der Waals surface area contributed by atoms with E-state index in [2.05, 4.69) is 50.5 Å². The monoisotopic (exact) mass is 484 g/mol. The molecule has 0 nitrogen and oxygen atoms in total. The Morgan fingerprint density at radius 1 is 0.931 bits per heavy atom. The first-order chi connectivity index (χ1) is 13.6. The maximum absolute atomic E-state index is 7.23. The van der Waals surface area contributed by atoms with Gasteiger partial charge in [0.05, 0.1) is 0 Å². The van der Waals surface area contributed by atoms with E-state index in [-0.39, 0.29) is 4.32 Å². The standard InChI is InChI=1S/C27H46BrCl/c1-18(2)9-8-10-19(3)21-11-12-22-20-17-24(29)27(28)15-7-6-14-26(27,5)23(20)13-16-25(21,22)4/h18-24H,6-17H2,1-5H3/t19-,20+,21-,22+,23+,24-,25-,26-,27+/m1/s1. The Morgan fingerprint density at radius 2 is 1.66 bits per heavy atom. The number of hydrogen-bond acceptors (Lipinski definition) is 0. The molecule has 4 aliphatic rings. The highest BCUT2D eigenvalue weighted by Gasteiger charge is 2.66. The topological polar surface area (TPSA) is 0 Å². The molecule has 2 heteroatoms. The lowest BCUT2D eigenvalue weighted by Gasteiger charge is -2.65. The van der Waals surface area contributed by atoms with Crippen LogP contribution < -0.4 is 0 Å². The maximum atomic E-state index is 7.23. The molecule has 0 bridgehead atoms. The van der Waals surface area contributed by atoms with Gasteiger partial charge in [-0.05, 0) is 91.3 Å². The molecule has 0 N–H and O–H groups in total. The number of fused-ring (bicyclic) bond motifs is 5. The fraction of sp³-hybridized carbons (Fsp3) is 1.00. The van der Waals surface area contributed by atoms with Crippen LogP contribution in [0.25, 0.3) is 0 Å². The molecule has 0 aliphatic heterocycles. The van der Waals surface area contributed by atoms with Crippen molar-refractivity contribution in [2.45, 2.75) is 121 Å². The van der Waals surface area contributed by atoms with Gasteiger partial charge in [0, 0.05) is 9.70 Å². The number of alkyl halides is 2. The first kappa shape index (κ1) is 22.9. The van der Waals surface area contributed by atoms with Crippen LogP contribution in [0.4, 0.5) is 0 Å². The number of rotatable bonds is 5. The van der Waals surface area contributed by atoms with Gasteiger partial charge >= 0.3 is 0 Å². The highest BCUT2D eigenvalue weighted by molar-refractivity contribution is 9.10. The van der Waals surface area contributed by atoms with Gasteiger partial charge in [0.15, 0.2) is 0 Å². The summed E-state index contributed by atoms with van der Waals surface area (Å²) < 4.78 is 0.191. The highest BCUT2D eigenvalue weighted by Crippen LogP contribution is 2.71. The second-order valence-corrected chi connectivity index (χ2v) is 14.5. The summed E-state index contributed by atoms with van der Waals surface area (Å²) in [6.45, 7) is 12.7. The van der Waals surface area contributed by atoms with Crippen LogP contribution in [0.1, 0.15) is 112 Å². The molecule has 4 rings (SSSR count). The lowest BCUT2D eigenvalue weighted by atomic mass is 9.44. The molecule has 4 aliphatic carbocycles. The van der Waals surface area contributed by atoms with E-state index in [0.29, 0.717) is 16.2 Å². The third-order valence-corrected chi connectivity index (χ3v) is 13.5. The molecule has 0 saturated heterocycles. The minimum Gasteiger partial charge on any atom is -0.121 e. The van der Waals surface area contributed by atoms with E-state index in [1.165, 1.54) is 77.0 Å². The van der Waals surface area contributed by atoms with Gasteiger partial charge < -0.3 is 0 Å². The Hall–Kier alpha value is 0.770. The number of hydrogen-bond donors (Lipinski definition) is 0. The average Bonchev–Trinajstić information content (AvgIpc) is 3.01. The molecular weight excluding hydrogens is 440 g/mol. The lowest BCUT2D eigenvalue weighted by Crippen LogP contribution is -2.63. The summed E-state index contributed by atoms with van der Waals surface area (Å²) in [5.74, 6) is 5.40. The molecule has 0 unspecified atom stereocenters. The maximum Gasteiger partial charge on any atom is 0.0497 e. The Morgan fingerprint density at radius 3 is 2.38 bits per heavy atom. The summed E-state index contributed by atoms with van der Waals surface area (Å²) in [5.41, 5.74) is 0.981. The summed E-state index contributed by atoms with van der Waals surface area (Å²) in [6.07, 6.45) is 16.9. The van der Waals surface area contributed by atoms with Gasteiger partial charge in [-0.25, -0.2) is 0 Å². The molecule has 9 atom stereocenters. The van der Waals surface area contributed by atoms with E-state index in [9.17, 15) is 0 Å². The van der Waals surface area contributed by atoms with Crippen molar-refractivity contribution in [3.05, 3.63) is 0 Å². The smallest absolute Gasteiger partial charge is 0.0497 e. The zero-order chi connectivity index (χ0) is 21.0. The van der Waals surface area contributed by atoms with Gasteiger partial charge in [-0.15, -0.1) is 11.6 Å². The third-order valence-electron chi connectivity index (χ3n) is 10.9. The molecule has 0 aromatic carbocycles. The Bertz CT molecular complexity index is 589. The van der Waals surface area contributed by atoms with Gasteiger partial charge in [0.1, 0.15) is 0 Å². The van der Waals surface area contributed by atoms with E-state index < -0.39 is 0 Å². The summed E-state index contributed by atoms with van der Waals surface area (Å²) in [6, 6.07) is 0. The van der Waals surface area contributed by atoms with E-state index in [1.807, 2.05) is 0 Å². The predicted octanol–water partition coefficient (Wildman–Crippen LogP) is 9.23. The zero-order valence-corrected chi connectivity index (χ0v) is 22.1. The summed E-state index contributed by atoms with van der Waals surface area (Å²) in [4.78, 5) is 0. The fourth-order valence-electron chi connectivity index (χ4n) is 9.23. The molecule has 0 aromatic rings. The van der Waals surface area contributed by atoms with E-state index in [0.717, 1.165) is 35.5 Å². The van der Waals surface area contributed by atoms with E-state index >= 15 is 0 Å². The van der Waals surface area contributed by atoms with Crippen molar-refractivity contribution in [1.82, 2.24) is 0 Å². The normalized spacial score (nSPS) is 50.7.